The number of nitrogens with zero attached hydrogens (tertiary/aromatic N) is 4. The predicted octanol–water partition coefficient (Wildman–Crippen LogP) is 3.28. The maximum Gasteiger partial charge on any atom is 0.202 e. The standard InChI is InChI=1S/C15H25N5/c1-4-19-14-13(11(3)18-19)17-15(16)20(14)12-9-7-5-6-8-10(12)2/h10,12H,4-9H2,1-3H3,(H2,16,17). The summed E-state index contributed by atoms with van der Waals surface area (Å²) >= 11 is 0. The Labute approximate surface area is 120 Å². The lowest BCUT2D eigenvalue weighted by Gasteiger charge is -2.24. The Balaban J connectivity index is 2.16. The molecule has 1 fully saturated rings. The first-order valence-electron chi connectivity index (χ1n) is 7.84. The first-order valence-corrected chi connectivity index (χ1v) is 7.84. The van der Waals surface area contributed by atoms with Crippen LogP contribution in [0.15, 0.2) is 0 Å². The van der Waals surface area contributed by atoms with Crippen LogP contribution in [0.3, 0.4) is 0 Å². The van der Waals surface area contributed by atoms with Gasteiger partial charge in [-0.2, -0.15) is 5.10 Å². The van der Waals surface area contributed by atoms with E-state index in [4.69, 9.17) is 5.73 Å². The zero-order chi connectivity index (χ0) is 14.3. The van der Waals surface area contributed by atoms with Gasteiger partial charge in [0, 0.05) is 12.6 Å². The molecule has 2 unspecified atom stereocenters. The third-order valence-electron chi connectivity index (χ3n) is 4.72. The summed E-state index contributed by atoms with van der Waals surface area (Å²) in [6.07, 6.45) is 6.44. The molecule has 2 aromatic heterocycles. The lowest BCUT2D eigenvalue weighted by atomic mass is 9.97. The predicted molar refractivity (Wildman–Crippen MR) is 81.6 cm³/mol. The van der Waals surface area contributed by atoms with E-state index in [2.05, 4.69) is 28.5 Å². The maximum absolute atomic E-state index is 6.25. The van der Waals surface area contributed by atoms with Crippen LogP contribution in [0.5, 0.6) is 0 Å². The molecular formula is C15H25N5. The topological polar surface area (TPSA) is 61.7 Å². The van der Waals surface area contributed by atoms with Gasteiger partial charge in [0.1, 0.15) is 5.52 Å². The number of anilines is 1. The molecule has 0 bridgehead atoms. The maximum atomic E-state index is 6.25. The summed E-state index contributed by atoms with van der Waals surface area (Å²) < 4.78 is 4.31. The molecule has 1 saturated carbocycles. The van der Waals surface area contributed by atoms with Gasteiger partial charge in [0.25, 0.3) is 0 Å². The first-order chi connectivity index (χ1) is 9.63. The van der Waals surface area contributed by atoms with Crippen LogP contribution in [0.1, 0.15) is 57.7 Å². The average Bonchev–Trinajstić information content (AvgIpc) is 2.82. The number of imidazole rings is 1. The summed E-state index contributed by atoms with van der Waals surface area (Å²) in [5.41, 5.74) is 9.31. The van der Waals surface area contributed by atoms with Crippen LogP contribution < -0.4 is 5.73 Å². The van der Waals surface area contributed by atoms with E-state index in [1.165, 1.54) is 32.1 Å². The van der Waals surface area contributed by atoms with Crippen molar-refractivity contribution >= 4 is 17.1 Å². The molecule has 3 rings (SSSR count). The second kappa shape index (κ2) is 5.11. The van der Waals surface area contributed by atoms with Gasteiger partial charge in [0.05, 0.1) is 5.69 Å². The molecular weight excluding hydrogens is 250 g/mol. The minimum atomic E-state index is 0.462. The average molecular weight is 275 g/mol. The van der Waals surface area contributed by atoms with Crippen LogP contribution >= 0.6 is 0 Å². The number of aromatic nitrogens is 4. The van der Waals surface area contributed by atoms with E-state index in [1.54, 1.807) is 0 Å². The van der Waals surface area contributed by atoms with E-state index in [9.17, 15) is 0 Å². The number of fused-ring (bicyclic) bond motifs is 1. The van der Waals surface area contributed by atoms with E-state index in [0.717, 1.165) is 23.4 Å². The molecule has 2 atom stereocenters. The number of rotatable bonds is 2. The van der Waals surface area contributed by atoms with Gasteiger partial charge < -0.3 is 5.73 Å². The second-order valence-corrected chi connectivity index (χ2v) is 6.10. The second-order valence-electron chi connectivity index (χ2n) is 6.10. The van der Waals surface area contributed by atoms with Crippen LogP contribution in [-0.4, -0.2) is 19.3 Å². The lowest BCUT2D eigenvalue weighted by molar-refractivity contribution is 0.340. The molecule has 1 aliphatic carbocycles. The number of nitrogens with two attached hydrogens (primary N) is 1. The molecule has 5 nitrogen and oxygen atoms in total. The van der Waals surface area contributed by atoms with E-state index >= 15 is 0 Å². The fraction of sp³-hybridized carbons (Fsp3) is 0.733. The Kier molecular flexibility index (Phi) is 3.44. The Hall–Kier alpha value is -1.52. The van der Waals surface area contributed by atoms with Crippen molar-refractivity contribution in [2.24, 2.45) is 5.92 Å². The summed E-state index contributed by atoms with van der Waals surface area (Å²) in [5.74, 6) is 1.30. The van der Waals surface area contributed by atoms with Gasteiger partial charge in [-0.1, -0.05) is 26.2 Å². The van der Waals surface area contributed by atoms with E-state index in [0.29, 0.717) is 17.9 Å². The first kappa shape index (κ1) is 13.5. The molecule has 2 heterocycles. The number of hydrogen-bond acceptors (Lipinski definition) is 3. The largest absolute Gasteiger partial charge is 0.369 e. The van der Waals surface area contributed by atoms with Crippen LogP contribution in [0.4, 0.5) is 5.95 Å². The summed E-state index contributed by atoms with van der Waals surface area (Å²) in [6.45, 7) is 7.34. The Morgan fingerprint density at radius 1 is 1.25 bits per heavy atom. The smallest absolute Gasteiger partial charge is 0.202 e. The van der Waals surface area contributed by atoms with Crippen molar-refractivity contribution in [1.29, 1.82) is 0 Å². The number of aryl methyl sites for hydroxylation is 2. The third-order valence-corrected chi connectivity index (χ3v) is 4.72. The number of hydrogen-bond donors (Lipinski definition) is 1. The van der Waals surface area contributed by atoms with Crippen molar-refractivity contribution in [3.63, 3.8) is 0 Å². The van der Waals surface area contributed by atoms with Crippen molar-refractivity contribution in [1.82, 2.24) is 19.3 Å². The van der Waals surface area contributed by atoms with E-state index in [1.807, 2.05) is 11.6 Å². The lowest BCUT2D eigenvalue weighted by Crippen LogP contribution is -2.19. The van der Waals surface area contributed by atoms with Gasteiger partial charge in [-0.15, -0.1) is 0 Å². The van der Waals surface area contributed by atoms with Gasteiger partial charge in [-0.25, -0.2) is 9.67 Å². The minimum absolute atomic E-state index is 0.462. The minimum Gasteiger partial charge on any atom is -0.369 e. The normalized spacial score (nSPS) is 24.1. The third kappa shape index (κ3) is 2.00. The molecule has 2 aromatic rings. The van der Waals surface area contributed by atoms with Crippen molar-refractivity contribution in [3.05, 3.63) is 5.69 Å². The number of nitrogen functional groups attached to an aromatic ring is 1. The van der Waals surface area contributed by atoms with E-state index in [-0.39, 0.29) is 0 Å². The summed E-state index contributed by atoms with van der Waals surface area (Å²) in [7, 11) is 0. The van der Waals surface area contributed by atoms with Crippen LogP contribution in [-0.2, 0) is 6.54 Å². The van der Waals surface area contributed by atoms with Crippen LogP contribution in [0.25, 0.3) is 11.2 Å². The van der Waals surface area contributed by atoms with Gasteiger partial charge in [0.15, 0.2) is 5.65 Å². The van der Waals surface area contributed by atoms with Crippen LogP contribution in [0, 0.1) is 12.8 Å². The molecule has 2 N–H and O–H groups in total. The molecule has 0 saturated heterocycles. The molecule has 1 aliphatic rings. The highest BCUT2D eigenvalue weighted by atomic mass is 15.4. The SMILES string of the molecule is CCn1nc(C)c2nc(N)n(C3CCCCCC3C)c21. The molecule has 5 heteroatoms. The fourth-order valence-electron chi connectivity index (χ4n) is 3.61. The van der Waals surface area contributed by atoms with Crippen molar-refractivity contribution in [2.45, 2.75) is 65.5 Å². The molecule has 110 valence electrons. The molecule has 0 amide bonds. The molecule has 0 spiro atoms. The Morgan fingerprint density at radius 2 is 2.00 bits per heavy atom. The highest BCUT2D eigenvalue weighted by molar-refractivity contribution is 5.77. The summed E-state index contributed by atoms with van der Waals surface area (Å²) in [4.78, 5) is 4.58. The van der Waals surface area contributed by atoms with Crippen molar-refractivity contribution < 1.29 is 0 Å². The quantitative estimate of drug-likeness (QED) is 0.855. The van der Waals surface area contributed by atoms with Crippen molar-refractivity contribution in [3.8, 4) is 0 Å². The van der Waals surface area contributed by atoms with Gasteiger partial charge in [-0.05, 0) is 32.6 Å². The highest BCUT2D eigenvalue weighted by Crippen LogP contribution is 2.36. The molecule has 0 radical (unpaired) electrons. The monoisotopic (exact) mass is 275 g/mol. The highest BCUT2D eigenvalue weighted by Gasteiger charge is 2.27. The Morgan fingerprint density at radius 3 is 2.75 bits per heavy atom. The fourth-order valence-corrected chi connectivity index (χ4v) is 3.61. The van der Waals surface area contributed by atoms with Gasteiger partial charge >= 0.3 is 0 Å². The van der Waals surface area contributed by atoms with E-state index < -0.39 is 0 Å². The zero-order valence-electron chi connectivity index (χ0n) is 12.8. The van der Waals surface area contributed by atoms with Gasteiger partial charge in [-0.3, -0.25) is 4.57 Å². The summed E-state index contributed by atoms with van der Waals surface area (Å²) in [6, 6.07) is 0.462. The molecule has 20 heavy (non-hydrogen) atoms. The van der Waals surface area contributed by atoms with Crippen molar-refractivity contribution in [2.75, 3.05) is 5.73 Å². The van der Waals surface area contributed by atoms with Crippen LogP contribution in [0.2, 0.25) is 0 Å². The van der Waals surface area contributed by atoms with Gasteiger partial charge in [0.2, 0.25) is 5.95 Å². The molecule has 0 aromatic carbocycles. The Bertz CT molecular complexity index is 609. The molecule has 0 aliphatic heterocycles. The zero-order valence-corrected chi connectivity index (χ0v) is 12.8. The summed E-state index contributed by atoms with van der Waals surface area (Å²) in [5, 5.41) is 4.59.